The first-order chi connectivity index (χ1) is 10.8. The number of ether oxygens (including phenoxy) is 1. The lowest BCUT2D eigenvalue weighted by atomic mass is 9.95. The van der Waals surface area contributed by atoms with E-state index in [0.717, 1.165) is 10.0 Å². The molecular weight excluding hydrogens is 360 g/mol. The Balaban J connectivity index is 2.49. The molecule has 1 aromatic rings. The van der Waals surface area contributed by atoms with Crippen LogP contribution in [0.15, 0.2) is 40.0 Å². The topological polar surface area (TPSA) is 58.6 Å². The quantitative estimate of drug-likeness (QED) is 0.808. The third kappa shape index (κ3) is 3.75. The number of carbonyl (C=O) groups is 2. The maximum Gasteiger partial charge on any atom is 0.338 e. The molecule has 124 valence electrons. The molecule has 0 aromatic heterocycles. The summed E-state index contributed by atoms with van der Waals surface area (Å²) in [5.41, 5.74) is 1.95. The van der Waals surface area contributed by atoms with Gasteiger partial charge in [-0.3, -0.25) is 4.90 Å². The third-order valence-electron chi connectivity index (χ3n) is 3.68. The van der Waals surface area contributed by atoms with Crippen molar-refractivity contribution in [1.29, 1.82) is 0 Å². The molecule has 1 aliphatic rings. The van der Waals surface area contributed by atoms with E-state index in [1.165, 1.54) is 0 Å². The van der Waals surface area contributed by atoms with Crippen molar-refractivity contribution in [3.63, 3.8) is 0 Å². The Morgan fingerprint density at radius 2 is 1.96 bits per heavy atom. The number of benzene rings is 1. The number of hydrogen-bond donors (Lipinski definition) is 1. The van der Waals surface area contributed by atoms with E-state index in [-0.39, 0.29) is 12.1 Å². The fourth-order valence-electron chi connectivity index (χ4n) is 2.61. The zero-order chi connectivity index (χ0) is 17.1. The molecule has 1 heterocycles. The zero-order valence-corrected chi connectivity index (χ0v) is 15.3. The van der Waals surface area contributed by atoms with E-state index in [2.05, 4.69) is 21.2 Å². The third-order valence-corrected chi connectivity index (χ3v) is 4.21. The molecule has 0 aliphatic carbocycles. The highest BCUT2D eigenvalue weighted by Crippen LogP contribution is 2.32. The van der Waals surface area contributed by atoms with Gasteiger partial charge in [-0.1, -0.05) is 28.1 Å². The summed E-state index contributed by atoms with van der Waals surface area (Å²) in [6, 6.07) is 6.81. The highest BCUT2D eigenvalue weighted by atomic mass is 79.9. The maximum absolute atomic E-state index is 12.6. The molecule has 1 atom stereocenters. The summed E-state index contributed by atoms with van der Waals surface area (Å²) in [4.78, 5) is 26.4. The molecule has 0 spiro atoms. The molecule has 2 rings (SSSR count). The van der Waals surface area contributed by atoms with Gasteiger partial charge in [-0.2, -0.15) is 0 Å². The van der Waals surface area contributed by atoms with Crippen LogP contribution in [0.5, 0.6) is 0 Å². The average Bonchev–Trinajstić information content (AvgIpc) is 2.46. The number of carbonyl (C=O) groups excluding carboxylic acids is 2. The Morgan fingerprint density at radius 3 is 2.48 bits per heavy atom. The van der Waals surface area contributed by atoms with Gasteiger partial charge in [0.05, 0.1) is 17.7 Å². The highest BCUT2D eigenvalue weighted by molar-refractivity contribution is 9.10. The van der Waals surface area contributed by atoms with E-state index in [4.69, 9.17) is 4.74 Å². The number of rotatable bonds is 4. The van der Waals surface area contributed by atoms with Gasteiger partial charge in [-0.15, -0.1) is 0 Å². The van der Waals surface area contributed by atoms with Crippen molar-refractivity contribution < 1.29 is 14.3 Å². The summed E-state index contributed by atoms with van der Waals surface area (Å²) in [6.07, 6.45) is -0.221. The lowest BCUT2D eigenvalue weighted by Gasteiger charge is -2.35. The Morgan fingerprint density at radius 1 is 1.35 bits per heavy atom. The second-order valence-electron chi connectivity index (χ2n) is 5.63. The molecule has 0 bridgehead atoms. The minimum absolute atomic E-state index is 0.209. The second-order valence-corrected chi connectivity index (χ2v) is 6.55. The van der Waals surface area contributed by atoms with E-state index < -0.39 is 12.0 Å². The first kappa shape index (κ1) is 17.5. The normalized spacial score (nSPS) is 18.3. The molecule has 2 amide bonds. The van der Waals surface area contributed by atoms with Crippen molar-refractivity contribution in [3.05, 3.63) is 45.6 Å². The number of amides is 2. The summed E-state index contributed by atoms with van der Waals surface area (Å²) in [5.74, 6) is -0.399. The van der Waals surface area contributed by atoms with Gasteiger partial charge in [0.25, 0.3) is 0 Å². The standard InChI is InChI=1S/C17H21BrN2O3/c1-5-20-11(4)14(16(21)23-10(2)3)15(19-17(20)22)12-6-8-13(18)9-7-12/h6-10,15H,5H2,1-4H3,(H,19,22)/t15-/m1/s1. The van der Waals surface area contributed by atoms with Crippen LogP contribution in [-0.4, -0.2) is 29.5 Å². The lowest BCUT2D eigenvalue weighted by Crippen LogP contribution is -2.48. The first-order valence-corrected chi connectivity index (χ1v) is 8.39. The summed E-state index contributed by atoms with van der Waals surface area (Å²) in [7, 11) is 0. The molecule has 0 radical (unpaired) electrons. The smallest absolute Gasteiger partial charge is 0.338 e. The molecule has 23 heavy (non-hydrogen) atoms. The van der Waals surface area contributed by atoms with E-state index in [1.807, 2.05) is 31.2 Å². The van der Waals surface area contributed by atoms with Crippen molar-refractivity contribution in [2.24, 2.45) is 0 Å². The molecular formula is C17H21BrN2O3. The van der Waals surface area contributed by atoms with Gasteiger partial charge < -0.3 is 10.1 Å². The van der Waals surface area contributed by atoms with Crippen LogP contribution in [0.1, 0.15) is 39.3 Å². The molecule has 1 aliphatic heterocycles. The maximum atomic E-state index is 12.6. The van der Waals surface area contributed by atoms with Gasteiger partial charge >= 0.3 is 12.0 Å². The van der Waals surface area contributed by atoms with Gasteiger partial charge in [-0.25, -0.2) is 9.59 Å². The summed E-state index contributed by atoms with van der Waals surface area (Å²) in [6.45, 7) is 7.76. The largest absolute Gasteiger partial charge is 0.459 e. The van der Waals surface area contributed by atoms with Gasteiger partial charge in [-0.05, 0) is 45.4 Å². The summed E-state index contributed by atoms with van der Waals surface area (Å²) in [5, 5.41) is 2.90. The van der Waals surface area contributed by atoms with Crippen LogP contribution >= 0.6 is 15.9 Å². The second kappa shape index (κ2) is 7.17. The van der Waals surface area contributed by atoms with Crippen molar-refractivity contribution in [1.82, 2.24) is 10.2 Å². The SMILES string of the molecule is CCN1C(=O)N[C@H](c2ccc(Br)cc2)C(C(=O)OC(C)C)=C1C. The average molecular weight is 381 g/mol. The van der Waals surface area contributed by atoms with Crippen LogP contribution in [0, 0.1) is 0 Å². The first-order valence-electron chi connectivity index (χ1n) is 7.60. The fraction of sp³-hybridized carbons (Fsp3) is 0.412. The van der Waals surface area contributed by atoms with Crippen molar-refractivity contribution in [2.75, 3.05) is 6.54 Å². The predicted octanol–water partition coefficient (Wildman–Crippen LogP) is 3.76. The van der Waals surface area contributed by atoms with E-state index >= 15 is 0 Å². The number of halogens is 1. The number of allylic oxidation sites excluding steroid dienone is 1. The molecule has 1 N–H and O–H groups in total. The fourth-order valence-corrected chi connectivity index (χ4v) is 2.87. The minimum Gasteiger partial charge on any atom is -0.459 e. The molecule has 0 saturated heterocycles. The van der Waals surface area contributed by atoms with Crippen LogP contribution in [0.2, 0.25) is 0 Å². The van der Waals surface area contributed by atoms with Crippen molar-refractivity contribution >= 4 is 27.9 Å². The van der Waals surface area contributed by atoms with Crippen LogP contribution < -0.4 is 5.32 Å². The summed E-state index contributed by atoms with van der Waals surface area (Å²) < 4.78 is 6.32. The number of hydrogen-bond acceptors (Lipinski definition) is 3. The molecule has 0 saturated carbocycles. The van der Waals surface area contributed by atoms with Gasteiger partial charge in [0, 0.05) is 16.7 Å². The monoisotopic (exact) mass is 380 g/mol. The van der Waals surface area contributed by atoms with E-state index in [0.29, 0.717) is 17.8 Å². The minimum atomic E-state index is -0.510. The van der Waals surface area contributed by atoms with Gasteiger partial charge in [0.1, 0.15) is 0 Å². The predicted molar refractivity (Wildman–Crippen MR) is 91.7 cm³/mol. The Kier molecular flexibility index (Phi) is 5.46. The Labute approximate surface area is 144 Å². The van der Waals surface area contributed by atoms with E-state index in [9.17, 15) is 9.59 Å². The van der Waals surface area contributed by atoms with Crippen molar-refractivity contribution in [2.45, 2.75) is 39.8 Å². The van der Waals surface area contributed by atoms with E-state index in [1.54, 1.807) is 25.7 Å². The molecule has 6 heteroatoms. The van der Waals surface area contributed by atoms with Crippen LogP contribution in [-0.2, 0) is 9.53 Å². The van der Waals surface area contributed by atoms with Gasteiger partial charge in [0.2, 0.25) is 0 Å². The number of nitrogens with zero attached hydrogens (tertiary/aromatic N) is 1. The molecule has 0 unspecified atom stereocenters. The number of urea groups is 1. The molecule has 5 nitrogen and oxygen atoms in total. The molecule has 1 aromatic carbocycles. The Bertz CT molecular complexity index is 638. The van der Waals surface area contributed by atoms with Crippen LogP contribution in [0.25, 0.3) is 0 Å². The molecule has 0 fully saturated rings. The number of esters is 1. The van der Waals surface area contributed by atoms with Crippen LogP contribution in [0.4, 0.5) is 4.79 Å². The lowest BCUT2D eigenvalue weighted by molar-refractivity contribution is -0.143. The van der Waals surface area contributed by atoms with Gasteiger partial charge in [0.15, 0.2) is 0 Å². The van der Waals surface area contributed by atoms with Crippen LogP contribution in [0.3, 0.4) is 0 Å². The van der Waals surface area contributed by atoms with Crippen molar-refractivity contribution in [3.8, 4) is 0 Å². The Hall–Kier alpha value is -1.82. The number of nitrogens with one attached hydrogen (secondary N) is 1. The zero-order valence-electron chi connectivity index (χ0n) is 13.7. The highest BCUT2D eigenvalue weighted by Gasteiger charge is 2.36. The summed E-state index contributed by atoms with van der Waals surface area (Å²) >= 11 is 3.39.